The summed E-state index contributed by atoms with van der Waals surface area (Å²) in [6, 6.07) is 15.6. The maximum Gasteiger partial charge on any atom is 0.257 e. The normalized spacial score (nSPS) is 13.9. The first-order valence-corrected chi connectivity index (χ1v) is 12.4. The molecule has 2 heterocycles. The third-order valence-electron chi connectivity index (χ3n) is 6.55. The molecule has 8 nitrogen and oxygen atoms in total. The molecule has 0 radical (unpaired) electrons. The van der Waals surface area contributed by atoms with Crippen LogP contribution in [0.5, 0.6) is 0 Å². The molecule has 184 valence electrons. The van der Waals surface area contributed by atoms with E-state index in [1.807, 2.05) is 67.5 Å². The highest BCUT2D eigenvalue weighted by atomic mass is 16.1. The van der Waals surface area contributed by atoms with Crippen molar-refractivity contribution in [2.45, 2.75) is 32.1 Å². The Labute approximate surface area is 210 Å². The lowest BCUT2D eigenvalue weighted by molar-refractivity contribution is 0.0956. The molecule has 0 atom stereocenters. The van der Waals surface area contributed by atoms with Crippen molar-refractivity contribution in [2.75, 3.05) is 31.3 Å². The lowest BCUT2D eigenvalue weighted by atomic mass is 9.97. The molecule has 2 aromatic carbocycles. The molecule has 0 bridgehead atoms. The van der Waals surface area contributed by atoms with E-state index in [0.717, 1.165) is 30.5 Å². The Morgan fingerprint density at radius 3 is 2.56 bits per heavy atom. The quantitative estimate of drug-likeness (QED) is 0.293. The van der Waals surface area contributed by atoms with Gasteiger partial charge in [0.1, 0.15) is 16.9 Å². The number of allylic oxidation sites excluding steroid dienone is 1. The van der Waals surface area contributed by atoms with E-state index in [9.17, 15) is 4.79 Å². The number of fused-ring (bicyclic) bond motifs is 2. The molecule has 8 heteroatoms. The second kappa shape index (κ2) is 10.2. The van der Waals surface area contributed by atoms with Crippen LogP contribution in [0.2, 0.25) is 0 Å². The lowest BCUT2D eigenvalue weighted by Crippen LogP contribution is -2.25. The van der Waals surface area contributed by atoms with Crippen LogP contribution in [0, 0.1) is 0 Å². The van der Waals surface area contributed by atoms with Crippen LogP contribution in [0.1, 0.15) is 48.0 Å². The van der Waals surface area contributed by atoms with E-state index < -0.39 is 0 Å². The van der Waals surface area contributed by atoms with E-state index in [4.69, 9.17) is 15.7 Å². The van der Waals surface area contributed by atoms with Crippen molar-refractivity contribution in [3.05, 3.63) is 71.3 Å². The van der Waals surface area contributed by atoms with E-state index >= 15 is 0 Å². The molecular formula is C28H31N7O. The SMILES string of the molecule is CN(C)c1ccc(C=Nn2c(N)c(C(=O)NCCC3=CCCCC3)c3nc4ccccc4nc32)cc1. The highest BCUT2D eigenvalue weighted by Crippen LogP contribution is 2.28. The topological polar surface area (TPSA) is 101 Å². The number of para-hydroxylation sites is 2. The van der Waals surface area contributed by atoms with Crippen molar-refractivity contribution in [3.63, 3.8) is 0 Å². The second-order valence-corrected chi connectivity index (χ2v) is 9.30. The van der Waals surface area contributed by atoms with Crippen molar-refractivity contribution in [1.82, 2.24) is 20.0 Å². The van der Waals surface area contributed by atoms with Gasteiger partial charge in [-0.1, -0.05) is 35.9 Å². The predicted molar refractivity (Wildman–Crippen MR) is 147 cm³/mol. The van der Waals surface area contributed by atoms with Crippen LogP contribution in [0.15, 0.2) is 65.3 Å². The fourth-order valence-electron chi connectivity index (χ4n) is 4.53. The molecule has 0 saturated carbocycles. The smallest absolute Gasteiger partial charge is 0.257 e. The third kappa shape index (κ3) is 4.79. The summed E-state index contributed by atoms with van der Waals surface area (Å²) in [7, 11) is 3.99. The number of amides is 1. The zero-order valence-electron chi connectivity index (χ0n) is 20.7. The number of rotatable bonds is 7. The number of anilines is 2. The number of aromatic nitrogens is 3. The minimum absolute atomic E-state index is 0.218. The van der Waals surface area contributed by atoms with Gasteiger partial charge in [-0.05, 0) is 61.9 Å². The Balaban J connectivity index is 1.49. The Morgan fingerprint density at radius 2 is 1.86 bits per heavy atom. The van der Waals surface area contributed by atoms with Crippen molar-refractivity contribution >= 4 is 45.8 Å². The Kier molecular flexibility index (Phi) is 6.66. The van der Waals surface area contributed by atoms with Crippen molar-refractivity contribution in [3.8, 4) is 0 Å². The van der Waals surface area contributed by atoms with Gasteiger partial charge in [0.05, 0.1) is 17.2 Å². The zero-order chi connectivity index (χ0) is 25.1. The largest absolute Gasteiger partial charge is 0.383 e. The number of benzene rings is 2. The lowest BCUT2D eigenvalue weighted by Gasteiger charge is -2.13. The Morgan fingerprint density at radius 1 is 1.11 bits per heavy atom. The van der Waals surface area contributed by atoms with E-state index in [1.54, 1.807) is 6.21 Å². The molecule has 36 heavy (non-hydrogen) atoms. The van der Waals surface area contributed by atoms with E-state index in [0.29, 0.717) is 34.3 Å². The number of hydrogen-bond acceptors (Lipinski definition) is 6. The zero-order valence-corrected chi connectivity index (χ0v) is 20.7. The summed E-state index contributed by atoms with van der Waals surface area (Å²) in [5.74, 6) is -0.0429. The van der Waals surface area contributed by atoms with Gasteiger partial charge in [-0.15, -0.1) is 0 Å². The average molecular weight is 482 g/mol. The highest BCUT2D eigenvalue weighted by Gasteiger charge is 2.24. The predicted octanol–water partition coefficient (Wildman–Crippen LogP) is 4.74. The van der Waals surface area contributed by atoms with Gasteiger partial charge in [0.2, 0.25) is 0 Å². The van der Waals surface area contributed by atoms with Gasteiger partial charge in [0, 0.05) is 26.3 Å². The maximum atomic E-state index is 13.3. The number of nitrogens with zero attached hydrogens (tertiary/aromatic N) is 5. The van der Waals surface area contributed by atoms with Gasteiger partial charge < -0.3 is 16.0 Å². The molecule has 3 N–H and O–H groups in total. The number of nitrogens with one attached hydrogen (secondary N) is 1. The first kappa shape index (κ1) is 23.5. The average Bonchev–Trinajstić information content (AvgIpc) is 3.16. The summed E-state index contributed by atoms with van der Waals surface area (Å²) in [6.07, 6.45) is 9.56. The first-order chi connectivity index (χ1) is 17.5. The fourth-order valence-corrected chi connectivity index (χ4v) is 4.53. The van der Waals surface area contributed by atoms with Gasteiger partial charge in [-0.3, -0.25) is 4.79 Å². The molecule has 1 aliphatic rings. The molecular weight excluding hydrogens is 450 g/mol. The molecule has 0 spiro atoms. The minimum Gasteiger partial charge on any atom is -0.383 e. The number of carbonyl (C=O) groups is 1. The molecule has 2 aromatic heterocycles. The number of hydrogen-bond donors (Lipinski definition) is 2. The summed E-state index contributed by atoms with van der Waals surface area (Å²) >= 11 is 0. The van der Waals surface area contributed by atoms with Gasteiger partial charge in [0.15, 0.2) is 5.65 Å². The summed E-state index contributed by atoms with van der Waals surface area (Å²) in [5.41, 5.74) is 12.5. The standard InChI is InChI=1S/C28H31N7O/c1-34(2)21-14-12-20(13-15-21)18-31-35-26(29)24(28(36)30-17-16-19-8-4-3-5-9-19)25-27(35)33-23-11-7-6-10-22(23)32-25/h6-8,10-15,18H,3-5,9,16-17,29H2,1-2H3,(H,30,36). The first-order valence-electron chi connectivity index (χ1n) is 12.4. The molecule has 0 saturated heterocycles. The van der Waals surface area contributed by atoms with Gasteiger partial charge in [-0.2, -0.15) is 9.78 Å². The number of nitrogens with two attached hydrogens (primary N) is 1. The number of nitrogen functional groups attached to an aromatic ring is 1. The molecule has 0 aliphatic heterocycles. The molecule has 5 rings (SSSR count). The van der Waals surface area contributed by atoms with Crippen LogP contribution in [-0.4, -0.2) is 47.4 Å². The van der Waals surface area contributed by atoms with Crippen molar-refractivity contribution in [1.29, 1.82) is 0 Å². The molecule has 1 amide bonds. The highest BCUT2D eigenvalue weighted by molar-refractivity contribution is 6.10. The van der Waals surface area contributed by atoms with Crippen molar-refractivity contribution < 1.29 is 4.79 Å². The van der Waals surface area contributed by atoms with E-state index in [2.05, 4.69) is 16.5 Å². The van der Waals surface area contributed by atoms with Gasteiger partial charge in [-0.25, -0.2) is 9.97 Å². The summed E-state index contributed by atoms with van der Waals surface area (Å²) < 4.78 is 1.51. The number of carbonyl (C=O) groups excluding carboxylic acids is 1. The maximum absolute atomic E-state index is 13.3. The Hall–Kier alpha value is -4.20. The van der Waals surface area contributed by atoms with Crippen LogP contribution in [0.4, 0.5) is 11.5 Å². The molecule has 0 unspecified atom stereocenters. The Bertz CT molecular complexity index is 1470. The van der Waals surface area contributed by atoms with E-state index in [1.165, 1.54) is 23.1 Å². The van der Waals surface area contributed by atoms with Crippen LogP contribution < -0.4 is 16.0 Å². The van der Waals surface area contributed by atoms with Crippen LogP contribution in [-0.2, 0) is 0 Å². The van der Waals surface area contributed by atoms with E-state index in [-0.39, 0.29) is 11.7 Å². The minimum atomic E-state index is -0.261. The monoisotopic (exact) mass is 481 g/mol. The van der Waals surface area contributed by atoms with Crippen LogP contribution >= 0.6 is 0 Å². The summed E-state index contributed by atoms with van der Waals surface area (Å²) in [4.78, 5) is 24.8. The second-order valence-electron chi connectivity index (χ2n) is 9.30. The molecule has 1 aliphatic carbocycles. The van der Waals surface area contributed by atoms with Crippen LogP contribution in [0.3, 0.4) is 0 Å². The fraction of sp³-hybridized carbons (Fsp3) is 0.286. The van der Waals surface area contributed by atoms with Gasteiger partial charge in [0.25, 0.3) is 5.91 Å². The van der Waals surface area contributed by atoms with Crippen molar-refractivity contribution in [2.24, 2.45) is 5.10 Å². The summed E-state index contributed by atoms with van der Waals surface area (Å²) in [5, 5.41) is 7.64. The van der Waals surface area contributed by atoms with Crippen LogP contribution in [0.25, 0.3) is 22.2 Å². The molecule has 4 aromatic rings. The molecule has 0 fully saturated rings. The van der Waals surface area contributed by atoms with Gasteiger partial charge >= 0.3 is 0 Å². The third-order valence-corrected chi connectivity index (χ3v) is 6.55. The summed E-state index contributed by atoms with van der Waals surface area (Å²) in [6.45, 7) is 0.555.